The monoisotopic (exact) mass is 310 g/mol. The molecule has 3 nitrogen and oxygen atoms in total. The fraction of sp³-hybridized carbons (Fsp3) is 0. The van der Waals surface area contributed by atoms with E-state index in [9.17, 15) is 14.7 Å². The van der Waals surface area contributed by atoms with E-state index in [0.29, 0.717) is 10.6 Å². The first-order valence-electron chi connectivity index (χ1n) is 6.64. The van der Waals surface area contributed by atoms with Crippen molar-refractivity contribution in [1.29, 1.82) is 0 Å². The van der Waals surface area contributed by atoms with Gasteiger partial charge in [0.2, 0.25) is 0 Å². The van der Waals surface area contributed by atoms with E-state index in [1.54, 1.807) is 24.3 Å². The van der Waals surface area contributed by atoms with Crippen molar-refractivity contribution in [3.8, 4) is 0 Å². The molecule has 22 heavy (non-hydrogen) atoms. The molecule has 0 aliphatic rings. The van der Waals surface area contributed by atoms with Crippen molar-refractivity contribution in [2.45, 2.75) is 0 Å². The third-order valence-corrected chi connectivity index (χ3v) is 3.92. The van der Waals surface area contributed by atoms with Crippen molar-refractivity contribution in [1.82, 2.24) is 0 Å². The van der Waals surface area contributed by atoms with E-state index in [0.717, 1.165) is 10.8 Å². The molecular weight excluding hydrogens is 300 g/mol. The molecule has 0 radical (unpaired) electrons. The molecule has 0 aliphatic carbocycles. The third kappa shape index (κ3) is 2.36. The Labute approximate surface area is 131 Å². The number of rotatable bonds is 3. The summed E-state index contributed by atoms with van der Waals surface area (Å²) in [4.78, 5) is 24.0. The zero-order chi connectivity index (χ0) is 15.7. The van der Waals surface area contributed by atoms with Gasteiger partial charge in [-0.05, 0) is 17.5 Å². The van der Waals surface area contributed by atoms with E-state index in [2.05, 4.69) is 0 Å². The largest absolute Gasteiger partial charge is 0.478 e. The topological polar surface area (TPSA) is 54.4 Å². The highest BCUT2D eigenvalue weighted by molar-refractivity contribution is 6.39. The van der Waals surface area contributed by atoms with E-state index >= 15 is 0 Å². The van der Waals surface area contributed by atoms with Gasteiger partial charge in [0.05, 0.1) is 10.6 Å². The number of carbonyl (C=O) groups excluding carboxylic acids is 1. The van der Waals surface area contributed by atoms with Crippen LogP contribution in [0.2, 0.25) is 5.02 Å². The number of aromatic carboxylic acids is 1. The highest BCUT2D eigenvalue weighted by Crippen LogP contribution is 2.29. The van der Waals surface area contributed by atoms with Gasteiger partial charge in [-0.1, -0.05) is 60.1 Å². The van der Waals surface area contributed by atoms with Crippen molar-refractivity contribution in [2.75, 3.05) is 0 Å². The van der Waals surface area contributed by atoms with E-state index in [4.69, 9.17) is 11.6 Å². The van der Waals surface area contributed by atoms with Crippen molar-refractivity contribution in [2.24, 2.45) is 0 Å². The summed E-state index contributed by atoms with van der Waals surface area (Å²) < 4.78 is 0. The molecule has 0 atom stereocenters. The zero-order valence-electron chi connectivity index (χ0n) is 11.4. The SMILES string of the molecule is O=C(O)c1ccccc1C(=O)c1ccc2ccccc2c1Cl. The molecule has 3 rings (SSSR count). The lowest BCUT2D eigenvalue weighted by Crippen LogP contribution is -2.10. The van der Waals surface area contributed by atoms with Crippen LogP contribution in [0.1, 0.15) is 26.3 Å². The van der Waals surface area contributed by atoms with E-state index in [1.165, 1.54) is 12.1 Å². The van der Waals surface area contributed by atoms with Gasteiger partial charge in [0.25, 0.3) is 0 Å². The summed E-state index contributed by atoms with van der Waals surface area (Å²) >= 11 is 6.35. The summed E-state index contributed by atoms with van der Waals surface area (Å²) in [5.74, 6) is -1.53. The maximum atomic E-state index is 12.7. The Bertz CT molecular complexity index is 900. The number of hydrogen-bond donors (Lipinski definition) is 1. The fourth-order valence-electron chi connectivity index (χ4n) is 2.42. The van der Waals surface area contributed by atoms with Crippen LogP contribution in [0.4, 0.5) is 0 Å². The molecule has 1 N–H and O–H groups in total. The number of carbonyl (C=O) groups is 2. The molecule has 0 aromatic heterocycles. The minimum absolute atomic E-state index is 0.0308. The Morgan fingerprint density at radius 2 is 1.41 bits per heavy atom. The first kappa shape index (κ1) is 14.3. The predicted octanol–water partition coefficient (Wildman–Crippen LogP) is 4.42. The molecule has 0 bridgehead atoms. The molecule has 4 heteroatoms. The van der Waals surface area contributed by atoms with Gasteiger partial charge in [-0.25, -0.2) is 4.79 Å². The summed E-state index contributed by atoms with van der Waals surface area (Å²) in [5, 5.41) is 11.2. The van der Waals surface area contributed by atoms with Crippen LogP contribution in [-0.4, -0.2) is 16.9 Å². The third-order valence-electron chi connectivity index (χ3n) is 3.51. The number of hydrogen-bond acceptors (Lipinski definition) is 2. The highest BCUT2D eigenvalue weighted by Gasteiger charge is 2.20. The Morgan fingerprint density at radius 1 is 0.773 bits per heavy atom. The van der Waals surface area contributed by atoms with E-state index < -0.39 is 11.8 Å². The number of benzene rings is 3. The van der Waals surface area contributed by atoms with Crippen LogP contribution in [0.3, 0.4) is 0 Å². The van der Waals surface area contributed by atoms with Crippen molar-refractivity contribution >= 4 is 34.1 Å². The van der Waals surface area contributed by atoms with Crippen LogP contribution in [0.25, 0.3) is 10.8 Å². The normalized spacial score (nSPS) is 10.6. The lowest BCUT2D eigenvalue weighted by atomic mass is 9.96. The Morgan fingerprint density at radius 3 is 2.14 bits per heavy atom. The van der Waals surface area contributed by atoms with Crippen molar-refractivity contribution < 1.29 is 14.7 Å². The number of carboxylic acid groups (broad SMARTS) is 1. The molecule has 0 fully saturated rings. The summed E-state index contributed by atoms with van der Waals surface area (Å²) in [7, 11) is 0. The number of fused-ring (bicyclic) bond motifs is 1. The maximum Gasteiger partial charge on any atom is 0.336 e. The molecule has 108 valence electrons. The van der Waals surface area contributed by atoms with Crippen LogP contribution in [-0.2, 0) is 0 Å². The maximum absolute atomic E-state index is 12.7. The number of halogens is 1. The van der Waals surface area contributed by atoms with Gasteiger partial charge < -0.3 is 5.11 Å². The van der Waals surface area contributed by atoms with Gasteiger partial charge in [-0.15, -0.1) is 0 Å². The molecule has 0 amide bonds. The van der Waals surface area contributed by atoms with E-state index in [1.807, 2.05) is 24.3 Å². The molecule has 0 heterocycles. The summed E-state index contributed by atoms with van der Waals surface area (Å²) in [5.41, 5.74) is 0.401. The van der Waals surface area contributed by atoms with Crippen molar-refractivity contribution in [3.05, 3.63) is 82.4 Å². The Hall–Kier alpha value is -2.65. The second-order valence-electron chi connectivity index (χ2n) is 4.83. The van der Waals surface area contributed by atoms with Gasteiger partial charge >= 0.3 is 5.97 Å². The summed E-state index contributed by atoms with van der Waals surface area (Å²) in [6, 6.07) is 17.0. The molecule has 0 aliphatic heterocycles. The minimum atomic E-state index is -1.14. The first-order chi connectivity index (χ1) is 10.6. The summed E-state index contributed by atoms with van der Waals surface area (Å²) in [6.45, 7) is 0. The molecule has 0 saturated carbocycles. The Balaban J connectivity index is 2.18. The number of carboxylic acids is 1. The molecular formula is C18H11ClO3. The molecule has 3 aromatic carbocycles. The van der Waals surface area contributed by atoms with Gasteiger partial charge in [0.1, 0.15) is 0 Å². The number of ketones is 1. The predicted molar refractivity (Wildman–Crippen MR) is 85.8 cm³/mol. The first-order valence-corrected chi connectivity index (χ1v) is 7.01. The van der Waals surface area contributed by atoms with Crippen molar-refractivity contribution in [3.63, 3.8) is 0 Å². The average Bonchev–Trinajstić information content (AvgIpc) is 2.55. The molecule has 0 unspecified atom stereocenters. The van der Waals surface area contributed by atoms with Crippen LogP contribution in [0.5, 0.6) is 0 Å². The van der Waals surface area contributed by atoms with Gasteiger partial charge in [-0.3, -0.25) is 4.79 Å². The zero-order valence-corrected chi connectivity index (χ0v) is 12.2. The van der Waals surface area contributed by atoms with Gasteiger partial charge in [0.15, 0.2) is 5.78 Å². The van der Waals surface area contributed by atoms with Crippen LogP contribution < -0.4 is 0 Å². The smallest absolute Gasteiger partial charge is 0.336 e. The standard InChI is InChI=1S/C18H11ClO3/c19-16-12-6-2-1-5-11(12)9-10-15(16)17(20)13-7-3-4-8-14(13)18(21)22/h1-10H,(H,21,22). The quantitative estimate of drug-likeness (QED) is 0.728. The summed E-state index contributed by atoms with van der Waals surface area (Å²) in [6.07, 6.45) is 0. The second kappa shape index (κ2) is 5.62. The highest BCUT2D eigenvalue weighted by atomic mass is 35.5. The van der Waals surface area contributed by atoms with Gasteiger partial charge in [-0.2, -0.15) is 0 Å². The van der Waals surface area contributed by atoms with Crippen LogP contribution in [0, 0.1) is 0 Å². The molecule has 0 saturated heterocycles. The fourth-order valence-corrected chi connectivity index (χ4v) is 2.74. The van der Waals surface area contributed by atoms with Crippen LogP contribution in [0.15, 0.2) is 60.7 Å². The second-order valence-corrected chi connectivity index (χ2v) is 5.21. The van der Waals surface area contributed by atoms with Crippen LogP contribution >= 0.6 is 11.6 Å². The molecule has 0 spiro atoms. The van der Waals surface area contributed by atoms with E-state index in [-0.39, 0.29) is 11.1 Å². The average molecular weight is 311 g/mol. The lowest BCUT2D eigenvalue weighted by Gasteiger charge is -2.09. The van der Waals surface area contributed by atoms with Gasteiger partial charge in [0, 0.05) is 16.5 Å². The lowest BCUT2D eigenvalue weighted by molar-refractivity contribution is 0.0693. The molecule has 3 aromatic rings. The Kier molecular flexibility index (Phi) is 3.65. The minimum Gasteiger partial charge on any atom is -0.478 e.